The Bertz CT molecular complexity index is 504. The van der Waals surface area contributed by atoms with E-state index in [4.69, 9.17) is 0 Å². The van der Waals surface area contributed by atoms with E-state index in [2.05, 4.69) is 27.3 Å². The number of nitrogens with zero attached hydrogens (tertiary/aromatic N) is 3. The second-order valence-corrected chi connectivity index (χ2v) is 5.59. The molecule has 4 heteroatoms. The zero-order valence-electron chi connectivity index (χ0n) is 12.7. The van der Waals surface area contributed by atoms with Crippen LogP contribution in [0.2, 0.25) is 0 Å². The monoisotopic (exact) mass is 272 g/mol. The second kappa shape index (κ2) is 6.71. The lowest BCUT2D eigenvalue weighted by molar-refractivity contribution is 0.433. The van der Waals surface area contributed by atoms with Crippen molar-refractivity contribution >= 4 is 5.69 Å². The Kier molecular flexibility index (Phi) is 4.97. The SMILES string of the molecule is CNCCC1CCCCN1c1cc(C)nc(C)c1C#N. The first kappa shape index (κ1) is 14.8. The molecule has 2 heterocycles. The number of hydrogen-bond donors (Lipinski definition) is 1. The van der Waals surface area contributed by atoms with Gasteiger partial charge in [-0.25, -0.2) is 0 Å². The predicted molar refractivity (Wildman–Crippen MR) is 82.0 cm³/mol. The molecule has 1 saturated heterocycles. The number of nitriles is 1. The summed E-state index contributed by atoms with van der Waals surface area (Å²) in [4.78, 5) is 6.86. The molecule has 1 fully saturated rings. The number of rotatable bonds is 4. The van der Waals surface area contributed by atoms with Crippen LogP contribution in [0.1, 0.15) is 42.6 Å². The molecular formula is C16H24N4. The number of aryl methyl sites for hydroxylation is 2. The third kappa shape index (κ3) is 3.10. The van der Waals surface area contributed by atoms with Crippen molar-refractivity contribution in [1.82, 2.24) is 10.3 Å². The Morgan fingerprint density at radius 1 is 1.45 bits per heavy atom. The van der Waals surface area contributed by atoms with E-state index in [1.807, 2.05) is 20.9 Å². The predicted octanol–water partition coefficient (Wildman–Crippen LogP) is 2.54. The van der Waals surface area contributed by atoms with Crippen LogP contribution >= 0.6 is 0 Å². The number of pyridine rings is 1. The number of piperidine rings is 1. The minimum atomic E-state index is 0.532. The van der Waals surface area contributed by atoms with Gasteiger partial charge in [0.1, 0.15) is 6.07 Å². The van der Waals surface area contributed by atoms with Gasteiger partial charge >= 0.3 is 0 Å². The van der Waals surface area contributed by atoms with Crippen LogP contribution in [0.15, 0.2) is 6.07 Å². The van der Waals surface area contributed by atoms with Crippen molar-refractivity contribution in [2.45, 2.75) is 45.6 Å². The highest BCUT2D eigenvalue weighted by molar-refractivity contribution is 5.62. The van der Waals surface area contributed by atoms with E-state index < -0.39 is 0 Å². The van der Waals surface area contributed by atoms with Gasteiger partial charge in [-0.2, -0.15) is 5.26 Å². The first-order valence-corrected chi connectivity index (χ1v) is 7.47. The molecule has 2 rings (SSSR count). The standard InChI is InChI=1S/C16H24N4/c1-12-10-16(15(11-17)13(2)19-12)20-9-5-4-6-14(20)7-8-18-3/h10,14,18H,4-9H2,1-3H3. The van der Waals surface area contributed by atoms with Crippen LogP contribution in [0.3, 0.4) is 0 Å². The molecule has 0 radical (unpaired) electrons. The third-order valence-corrected chi connectivity index (χ3v) is 4.08. The number of anilines is 1. The zero-order chi connectivity index (χ0) is 14.5. The first-order valence-electron chi connectivity index (χ1n) is 7.47. The lowest BCUT2D eigenvalue weighted by atomic mass is 9.97. The molecule has 0 saturated carbocycles. The van der Waals surface area contributed by atoms with Crippen LogP contribution in [0.25, 0.3) is 0 Å². The highest BCUT2D eigenvalue weighted by Gasteiger charge is 2.25. The van der Waals surface area contributed by atoms with Crippen molar-refractivity contribution in [3.63, 3.8) is 0 Å². The van der Waals surface area contributed by atoms with E-state index in [1.165, 1.54) is 19.3 Å². The Hall–Kier alpha value is -1.60. The van der Waals surface area contributed by atoms with Crippen LogP contribution in [0.5, 0.6) is 0 Å². The highest BCUT2D eigenvalue weighted by atomic mass is 15.2. The van der Waals surface area contributed by atoms with Gasteiger partial charge in [-0.3, -0.25) is 4.98 Å². The summed E-state index contributed by atoms with van der Waals surface area (Å²) < 4.78 is 0. The quantitative estimate of drug-likeness (QED) is 0.915. The van der Waals surface area contributed by atoms with Crippen LogP contribution in [-0.2, 0) is 0 Å². The van der Waals surface area contributed by atoms with Gasteiger partial charge in [0.05, 0.1) is 16.9 Å². The summed E-state index contributed by atoms with van der Waals surface area (Å²) in [5, 5.41) is 12.7. The van der Waals surface area contributed by atoms with Gasteiger partial charge in [0.15, 0.2) is 0 Å². The average molecular weight is 272 g/mol. The van der Waals surface area contributed by atoms with Crippen LogP contribution in [0, 0.1) is 25.2 Å². The molecule has 1 aromatic heterocycles. The Morgan fingerprint density at radius 3 is 2.95 bits per heavy atom. The van der Waals surface area contributed by atoms with Gasteiger partial charge in [-0.1, -0.05) is 0 Å². The molecule has 1 N–H and O–H groups in total. The van der Waals surface area contributed by atoms with E-state index in [9.17, 15) is 5.26 Å². The van der Waals surface area contributed by atoms with Crippen molar-refractivity contribution in [2.75, 3.05) is 25.0 Å². The molecule has 20 heavy (non-hydrogen) atoms. The van der Waals surface area contributed by atoms with Crippen LogP contribution in [0.4, 0.5) is 5.69 Å². The van der Waals surface area contributed by atoms with Crippen molar-refractivity contribution < 1.29 is 0 Å². The van der Waals surface area contributed by atoms with E-state index >= 15 is 0 Å². The van der Waals surface area contributed by atoms with E-state index in [0.29, 0.717) is 6.04 Å². The molecule has 1 unspecified atom stereocenters. The molecular weight excluding hydrogens is 248 g/mol. The average Bonchev–Trinajstić information content (AvgIpc) is 2.44. The normalized spacial score (nSPS) is 18.9. The number of nitrogens with one attached hydrogen (secondary N) is 1. The Labute approximate surface area is 121 Å². The minimum absolute atomic E-state index is 0.532. The molecule has 0 spiro atoms. The van der Waals surface area contributed by atoms with Crippen molar-refractivity contribution in [3.8, 4) is 6.07 Å². The topological polar surface area (TPSA) is 52.0 Å². The fourth-order valence-electron chi connectivity index (χ4n) is 3.10. The summed E-state index contributed by atoms with van der Waals surface area (Å²) >= 11 is 0. The fourth-order valence-corrected chi connectivity index (χ4v) is 3.10. The van der Waals surface area contributed by atoms with Gasteiger partial charge in [0.25, 0.3) is 0 Å². The first-order chi connectivity index (χ1) is 9.67. The summed E-state index contributed by atoms with van der Waals surface area (Å²) in [6, 6.07) is 4.95. The molecule has 0 aliphatic carbocycles. The molecule has 4 nitrogen and oxygen atoms in total. The highest BCUT2D eigenvalue weighted by Crippen LogP contribution is 2.30. The maximum atomic E-state index is 9.45. The number of hydrogen-bond acceptors (Lipinski definition) is 4. The van der Waals surface area contributed by atoms with Gasteiger partial charge < -0.3 is 10.2 Å². The molecule has 108 valence electrons. The molecule has 1 aliphatic rings. The van der Waals surface area contributed by atoms with Gasteiger partial charge in [0.2, 0.25) is 0 Å². The second-order valence-electron chi connectivity index (χ2n) is 5.59. The van der Waals surface area contributed by atoms with Crippen LogP contribution < -0.4 is 10.2 Å². The molecule has 0 bridgehead atoms. The molecule has 1 aliphatic heterocycles. The van der Waals surface area contributed by atoms with Gasteiger partial charge in [-0.05, 0) is 59.2 Å². The Balaban J connectivity index is 2.34. The van der Waals surface area contributed by atoms with E-state index in [0.717, 1.165) is 42.1 Å². The summed E-state index contributed by atoms with van der Waals surface area (Å²) in [6.07, 6.45) is 4.84. The van der Waals surface area contributed by atoms with E-state index in [-0.39, 0.29) is 0 Å². The maximum Gasteiger partial charge on any atom is 0.103 e. The zero-order valence-corrected chi connectivity index (χ0v) is 12.7. The smallest absolute Gasteiger partial charge is 0.103 e. The number of aromatic nitrogens is 1. The lowest BCUT2D eigenvalue weighted by Crippen LogP contribution is -2.41. The van der Waals surface area contributed by atoms with Crippen LogP contribution in [-0.4, -0.2) is 31.2 Å². The molecule has 1 atom stereocenters. The third-order valence-electron chi connectivity index (χ3n) is 4.08. The summed E-state index contributed by atoms with van der Waals surface area (Å²) in [6.45, 7) is 6.00. The lowest BCUT2D eigenvalue weighted by Gasteiger charge is -2.38. The Morgan fingerprint density at radius 2 is 2.25 bits per heavy atom. The fraction of sp³-hybridized carbons (Fsp3) is 0.625. The molecule has 1 aromatic rings. The van der Waals surface area contributed by atoms with Crippen molar-refractivity contribution in [1.29, 1.82) is 5.26 Å². The maximum absolute atomic E-state index is 9.45. The minimum Gasteiger partial charge on any atom is -0.367 e. The summed E-state index contributed by atoms with van der Waals surface area (Å²) in [5.41, 5.74) is 3.67. The van der Waals surface area contributed by atoms with E-state index in [1.54, 1.807) is 0 Å². The summed E-state index contributed by atoms with van der Waals surface area (Å²) in [5.74, 6) is 0. The summed E-state index contributed by atoms with van der Waals surface area (Å²) in [7, 11) is 1.99. The largest absolute Gasteiger partial charge is 0.367 e. The molecule has 0 aromatic carbocycles. The van der Waals surface area contributed by atoms with Crippen molar-refractivity contribution in [3.05, 3.63) is 23.0 Å². The van der Waals surface area contributed by atoms with Gasteiger partial charge in [-0.15, -0.1) is 0 Å². The van der Waals surface area contributed by atoms with Crippen molar-refractivity contribution in [2.24, 2.45) is 0 Å². The van der Waals surface area contributed by atoms with Gasteiger partial charge in [0, 0.05) is 18.3 Å². The molecule has 0 amide bonds.